The summed E-state index contributed by atoms with van der Waals surface area (Å²) in [5, 5.41) is 4.56. The Kier molecular flexibility index (Phi) is 3.38. The van der Waals surface area contributed by atoms with Crippen molar-refractivity contribution in [3.63, 3.8) is 0 Å². The smallest absolute Gasteiger partial charge is 0.0738 e. The van der Waals surface area contributed by atoms with Crippen molar-refractivity contribution < 1.29 is 0 Å². The van der Waals surface area contributed by atoms with Crippen LogP contribution in [0.25, 0.3) is 0 Å². The Balaban J connectivity index is 2.41. The molecule has 0 saturated carbocycles. The van der Waals surface area contributed by atoms with Crippen LogP contribution in [0, 0.1) is 27.7 Å². The van der Waals surface area contributed by atoms with Gasteiger partial charge in [-0.2, -0.15) is 5.10 Å². The third-order valence-electron chi connectivity index (χ3n) is 3.25. The van der Waals surface area contributed by atoms with Gasteiger partial charge in [-0.1, -0.05) is 18.2 Å². The van der Waals surface area contributed by atoms with Gasteiger partial charge in [0.15, 0.2) is 0 Å². The molecule has 2 aromatic rings. The summed E-state index contributed by atoms with van der Waals surface area (Å²) < 4.78 is 3.18. The first-order chi connectivity index (χ1) is 8.00. The summed E-state index contributed by atoms with van der Waals surface area (Å²) in [7, 11) is 0. The molecule has 0 bridgehead atoms. The molecular weight excluding hydrogens is 276 g/mol. The van der Waals surface area contributed by atoms with Gasteiger partial charge in [-0.15, -0.1) is 0 Å². The lowest BCUT2D eigenvalue weighted by Crippen LogP contribution is -2.07. The van der Waals surface area contributed by atoms with Crippen LogP contribution in [0.4, 0.5) is 0 Å². The van der Waals surface area contributed by atoms with Gasteiger partial charge < -0.3 is 0 Å². The zero-order valence-electron chi connectivity index (χ0n) is 10.7. The van der Waals surface area contributed by atoms with Gasteiger partial charge in [-0.25, -0.2) is 0 Å². The number of hydrogen-bond acceptors (Lipinski definition) is 1. The molecular formula is C14H17BrN2. The van der Waals surface area contributed by atoms with Crippen LogP contribution in [0.15, 0.2) is 22.7 Å². The largest absolute Gasteiger partial charge is 0.264 e. The maximum atomic E-state index is 4.56. The predicted molar refractivity (Wildman–Crippen MR) is 74.4 cm³/mol. The van der Waals surface area contributed by atoms with Crippen LogP contribution in [0.2, 0.25) is 0 Å². The van der Waals surface area contributed by atoms with E-state index >= 15 is 0 Å². The second-order valence-electron chi connectivity index (χ2n) is 4.51. The first kappa shape index (κ1) is 12.4. The van der Waals surface area contributed by atoms with Gasteiger partial charge >= 0.3 is 0 Å². The van der Waals surface area contributed by atoms with E-state index in [9.17, 15) is 0 Å². The summed E-state index contributed by atoms with van der Waals surface area (Å²) in [5.41, 5.74) is 6.26. The molecule has 0 saturated heterocycles. The molecule has 0 unspecified atom stereocenters. The minimum Gasteiger partial charge on any atom is -0.264 e. The molecule has 0 radical (unpaired) electrons. The van der Waals surface area contributed by atoms with Crippen molar-refractivity contribution in [2.24, 2.45) is 0 Å². The molecule has 3 heteroatoms. The normalized spacial score (nSPS) is 10.9. The summed E-state index contributed by atoms with van der Waals surface area (Å²) in [6.07, 6.45) is 0. The minimum absolute atomic E-state index is 0.844. The van der Waals surface area contributed by atoms with Crippen molar-refractivity contribution in [1.29, 1.82) is 0 Å². The average Bonchev–Trinajstić information content (AvgIpc) is 2.52. The van der Waals surface area contributed by atoms with Gasteiger partial charge in [-0.05, 0) is 60.3 Å². The maximum Gasteiger partial charge on any atom is 0.0738 e. The Bertz CT molecular complexity index is 535. The lowest BCUT2D eigenvalue weighted by atomic mass is 10.0. The summed E-state index contributed by atoms with van der Waals surface area (Å²) in [5.74, 6) is 0. The molecule has 90 valence electrons. The fourth-order valence-corrected chi connectivity index (χ4v) is 2.36. The number of aromatic nitrogens is 2. The van der Waals surface area contributed by atoms with Crippen LogP contribution in [0.1, 0.15) is 28.1 Å². The molecule has 0 aliphatic rings. The van der Waals surface area contributed by atoms with Crippen LogP contribution in [-0.4, -0.2) is 9.78 Å². The maximum absolute atomic E-state index is 4.56. The SMILES string of the molecule is Cc1cccc(C)c1Cn1nc(C)c(Br)c1C. The summed E-state index contributed by atoms with van der Waals surface area (Å²) in [4.78, 5) is 0. The molecule has 0 atom stereocenters. The van der Waals surface area contributed by atoms with Crippen LogP contribution < -0.4 is 0 Å². The van der Waals surface area contributed by atoms with Gasteiger partial charge in [0.2, 0.25) is 0 Å². The molecule has 1 aromatic heterocycles. The van der Waals surface area contributed by atoms with E-state index < -0.39 is 0 Å². The molecule has 0 aliphatic heterocycles. The predicted octanol–water partition coefficient (Wildman–Crippen LogP) is 3.93. The zero-order valence-corrected chi connectivity index (χ0v) is 12.3. The summed E-state index contributed by atoms with van der Waals surface area (Å²) in [6, 6.07) is 6.41. The van der Waals surface area contributed by atoms with Gasteiger partial charge in [-0.3, -0.25) is 4.68 Å². The summed E-state index contributed by atoms with van der Waals surface area (Å²) >= 11 is 3.57. The van der Waals surface area contributed by atoms with Crippen molar-refractivity contribution in [1.82, 2.24) is 9.78 Å². The van der Waals surface area contributed by atoms with Crippen LogP contribution in [0.3, 0.4) is 0 Å². The highest BCUT2D eigenvalue weighted by Gasteiger charge is 2.10. The van der Waals surface area contributed by atoms with Crippen molar-refractivity contribution >= 4 is 15.9 Å². The van der Waals surface area contributed by atoms with Crippen molar-refractivity contribution in [3.8, 4) is 0 Å². The van der Waals surface area contributed by atoms with E-state index in [1.54, 1.807) is 0 Å². The Morgan fingerprint density at radius 2 is 1.71 bits per heavy atom. The second-order valence-corrected chi connectivity index (χ2v) is 5.31. The highest BCUT2D eigenvalue weighted by Crippen LogP contribution is 2.22. The Morgan fingerprint density at radius 1 is 1.12 bits per heavy atom. The fraction of sp³-hybridized carbons (Fsp3) is 0.357. The van der Waals surface area contributed by atoms with E-state index in [0.717, 1.165) is 16.7 Å². The first-order valence-corrected chi connectivity index (χ1v) is 6.54. The van der Waals surface area contributed by atoms with Crippen LogP contribution in [-0.2, 0) is 6.54 Å². The molecule has 2 nitrogen and oxygen atoms in total. The van der Waals surface area contributed by atoms with E-state index in [1.807, 2.05) is 6.92 Å². The molecule has 0 aliphatic carbocycles. The van der Waals surface area contributed by atoms with Crippen LogP contribution in [0.5, 0.6) is 0 Å². The Morgan fingerprint density at radius 3 is 2.18 bits per heavy atom. The molecule has 0 amide bonds. The second kappa shape index (κ2) is 4.65. The molecule has 1 aromatic carbocycles. The Hall–Kier alpha value is -1.09. The lowest BCUT2D eigenvalue weighted by molar-refractivity contribution is 0.654. The highest BCUT2D eigenvalue weighted by atomic mass is 79.9. The molecule has 0 N–H and O–H groups in total. The summed E-state index contributed by atoms with van der Waals surface area (Å²) in [6.45, 7) is 9.28. The van der Waals surface area contributed by atoms with Crippen molar-refractivity contribution in [2.45, 2.75) is 34.2 Å². The van der Waals surface area contributed by atoms with Gasteiger partial charge in [0, 0.05) is 0 Å². The fourth-order valence-electron chi connectivity index (χ4n) is 2.08. The van der Waals surface area contributed by atoms with Gasteiger partial charge in [0.25, 0.3) is 0 Å². The van der Waals surface area contributed by atoms with Gasteiger partial charge in [0.05, 0.1) is 22.4 Å². The lowest BCUT2D eigenvalue weighted by Gasteiger charge is -2.11. The molecule has 0 fully saturated rings. The highest BCUT2D eigenvalue weighted by molar-refractivity contribution is 9.10. The number of benzene rings is 1. The standard InChI is InChI=1S/C14H17BrN2/c1-9-6-5-7-10(2)13(9)8-17-12(4)14(15)11(3)16-17/h5-7H,8H2,1-4H3. The first-order valence-electron chi connectivity index (χ1n) is 5.75. The van der Waals surface area contributed by atoms with E-state index in [2.05, 4.69) is 64.7 Å². The Labute approximate surface area is 111 Å². The third kappa shape index (κ3) is 2.29. The number of halogens is 1. The van der Waals surface area contributed by atoms with E-state index in [1.165, 1.54) is 22.4 Å². The number of nitrogens with zero attached hydrogens (tertiary/aromatic N) is 2. The van der Waals surface area contributed by atoms with E-state index in [4.69, 9.17) is 0 Å². The third-order valence-corrected chi connectivity index (χ3v) is 4.39. The zero-order chi connectivity index (χ0) is 12.6. The van der Waals surface area contributed by atoms with Crippen molar-refractivity contribution in [3.05, 3.63) is 50.8 Å². The quantitative estimate of drug-likeness (QED) is 0.820. The van der Waals surface area contributed by atoms with Gasteiger partial charge in [0.1, 0.15) is 0 Å². The van der Waals surface area contributed by atoms with Crippen molar-refractivity contribution in [2.75, 3.05) is 0 Å². The average molecular weight is 293 g/mol. The topological polar surface area (TPSA) is 17.8 Å². The van der Waals surface area contributed by atoms with E-state index in [0.29, 0.717) is 0 Å². The minimum atomic E-state index is 0.844. The van der Waals surface area contributed by atoms with Crippen LogP contribution >= 0.6 is 15.9 Å². The molecule has 1 heterocycles. The molecule has 2 rings (SSSR count). The van der Waals surface area contributed by atoms with E-state index in [-0.39, 0.29) is 0 Å². The molecule has 0 spiro atoms. The number of hydrogen-bond donors (Lipinski definition) is 0. The molecule has 17 heavy (non-hydrogen) atoms. The number of aryl methyl sites for hydroxylation is 3. The monoisotopic (exact) mass is 292 g/mol. The number of rotatable bonds is 2.